The lowest BCUT2D eigenvalue weighted by molar-refractivity contribution is 0.152. The molecule has 0 aromatic carbocycles. The van der Waals surface area contributed by atoms with E-state index in [1.165, 1.54) is 0 Å². The van der Waals surface area contributed by atoms with E-state index in [1.54, 1.807) is 0 Å². The topological polar surface area (TPSA) is 48.9 Å². The first-order chi connectivity index (χ1) is 9.08. The van der Waals surface area contributed by atoms with Crippen molar-refractivity contribution in [2.75, 3.05) is 39.9 Å². The van der Waals surface area contributed by atoms with Gasteiger partial charge in [-0.05, 0) is 26.7 Å². The Morgan fingerprint density at radius 2 is 2.16 bits per heavy atom. The summed E-state index contributed by atoms with van der Waals surface area (Å²) in [6.07, 6.45) is 0. The maximum Gasteiger partial charge on any atom is 0.191 e. The molecule has 0 saturated carbocycles. The van der Waals surface area contributed by atoms with Crippen molar-refractivity contribution in [3.8, 4) is 0 Å². The first-order valence-corrected chi connectivity index (χ1v) is 7.37. The Kier molecular flexibility index (Phi) is 7.16. The molecule has 0 amide bonds. The number of nitrogens with zero attached hydrogens (tertiary/aromatic N) is 2. The molecular weight excluding hydrogens is 240 g/mol. The van der Waals surface area contributed by atoms with E-state index in [9.17, 15) is 0 Å². The molecule has 0 spiro atoms. The molecular formula is C14H30N4O. The largest absolute Gasteiger partial charge is 0.380 e. The highest BCUT2D eigenvalue weighted by Crippen LogP contribution is 2.18. The highest BCUT2D eigenvalue weighted by atomic mass is 16.5. The van der Waals surface area contributed by atoms with Crippen molar-refractivity contribution in [3.63, 3.8) is 0 Å². The molecule has 2 unspecified atom stereocenters. The SMILES string of the molecule is CCOCCNC(=NC)NC1CN(C(C)C)CC1C. The summed E-state index contributed by atoms with van der Waals surface area (Å²) in [5.74, 6) is 1.52. The van der Waals surface area contributed by atoms with Gasteiger partial charge >= 0.3 is 0 Å². The molecule has 0 bridgehead atoms. The first kappa shape index (κ1) is 16.2. The summed E-state index contributed by atoms with van der Waals surface area (Å²) < 4.78 is 5.31. The Morgan fingerprint density at radius 3 is 2.68 bits per heavy atom. The fourth-order valence-electron chi connectivity index (χ4n) is 2.37. The van der Waals surface area contributed by atoms with Gasteiger partial charge in [0.1, 0.15) is 0 Å². The van der Waals surface area contributed by atoms with Crippen molar-refractivity contribution in [1.82, 2.24) is 15.5 Å². The minimum atomic E-state index is 0.473. The van der Waals surface area contributed by atoms with Crippen LogP contribution in [0.5, 0.6) is 0 Å². The lowest BCUT2D eigenvalue weighted by atomic mass is 10.1. The molecule has 1 aliphatic heterocycles. The smallest absolute Gasteiger partial charge is 0.191 e. The van der Waals surface area contributed by atoms with Crippen molar-refractivity contribution in [3.05, 3.63) is 0 Å². The highest BCUT2D eigenvalue weighted by Gasteiger charge is 2.31. The van der Waals surface area contributed by atoms with E-state index in [-0.39, 0.29) is 0 Å². The standard InChI is InChI=1S/C14H30N4O/c1-6-19-8-7-16-14(15-5)17-13-10-18(11(2)3)9-12(13)4/h11-13H,6-10H2,1-5H3,(H2,15,16,17). The average molecular weight is 270 g/mol. The van der Waals surface area contributed by atoms with Gasteiger partial charge in [-0.15, -0.1) is 0 Å². The number of nitrogens with one attached hydrogen (secondary N) is 2. The summed E-state index contributed by atoms with van der Waals surface area (Å²) in [5, 5.41) is 6.81. The molecule has 1 heterocycles. The van der Waals surface area contributed by atoms with Gasteiger partial charge < -0.3 is 15.4 Å². The van der Waals surface area contributed by atoms with Gasteiger partial charge in [0.2, 0.25) is 0 Å². The predicted molar refractivity (Wildman–Crippen MR) is 80.7 cm³/mol. The second-order valence-electron chi connectivity index (χ2n) is 5.47. The summed E-state index contributed by atoms with van der Waals surface area (Å²) in [7, 11) is 1.82. The van der Waals surface area contributed by atoms with Crippen LogP contribution >= 0.6 is 0 Å². The first-order valence-electron chi connectivity index (χ1n) is 7.37. The second kappa shape index (κ2) is 8.38. The van der Waals surface area contributed by atoms with Gasteiger partial charge in [-0.3, -0.25) is 9.89 Å². The molecule has 2 atom stereocenters. The van der Waals surface area contributed by atoms with Crippen LogP contribution in [0.1, 0.15) is 27.7 Å². The van der Waals surface area contributed by atoms with E-state index in [2.05, 4.69) is 41.3 Å². The summed E-state index contributed by atoms with van der Waals surface area (Å²) in [6.45, 7) is 13.3. The van der Waals surface area contributed by atoms with E-state index in [0.717, 1.165) is 38.8 Å². The van der Waals surface area contributed by atoms with Gasteiger partial charge in [-0.25, -0.2) is 0 Å². The zero-order valence-corrected chi connectivity index (χ0v) is 13.1. The van der Waals surface area contributed by atoms with E-state index in [4.69, 9.17) is 4.74 Å². The molecule has 5 heteroatoms. The summed E-state index contributed by atoms with van der Waals surface area (Å²) in [6, 6.07) is 1.09. The molecule has 0 radical (unpaired) electrons. The highest BCUT2D eigenvalue weighted by molar-refractivity contribution is 5.80. The molecule has 1 aliphatic rings. The van der Waals surface area contributed by atoms with Crippen molar-refractivity contribution in [2.24, 2.45) is 10.9 Å². The van der Waals surface area contributed by atoms with Crippen LogP contribution in [-0.4, -0.2) is 62.8 Å². The van der Waals surface area contributed by atoms with Crippen molar-refractivity contribution >= 4 is 5.96 Å². The van der Waals surface area contributed by atoms with Gasteiger partial charge in [0.15, 0.2) is 5.96 Å². The summed E-state index contributed by atoms with van der Waals surface area (Å²) >= 11 is 0. The predicted octanol–water partition coefficient (Wildman–Crippen LogP) is 0.917. The number of hydrogen-bond acceptors (Lipinski definition) is 3. The Labute approximate surface area is 117 Å². The van der Waals surface area contributed by atoms with E-state index in [0.29, 0.717) is 18.0 Å². The van der Waals surface area contributed by atoms with Gasteiger partial charge in [-0.1, -0.05) is 6.92 Å². The third-order valence-corrected chi connectivity index (χ3v) is 3.66. The Hall–Kier alpha value is -0.810. The molecule has 0 aromatic rings. The van der Waals surface area contributed by atoms with E-state index in [1.807, 2.05) is 14.0 Å². The number of rotatable bonds is 6. The minimum absolute atomic E-state index is 0.473. The minimum Gasteiger partial charge on any atom is -0.380 e. The number of aliphatic imine (C=N–C) groups is 1. The second-order valence-corrected chi connectivity index (χ2v) is 5.47. The van der Waals surface area contributed by atoms with E-state index < -0.39 is 0 Å². The average Bonchev–Trinajstić information content (AvgIpc) is 2.75. The number of ether oxygens (including phenoxy) is 1. The maximum atomic E-state index is 5.31. The van der Waals surface area contributed by atoms with Gasteiger partial charge in [-0.2, -0.15) is 0 Å². The summed E-state index contributed by atoms with van der Waals surface area (Å²) in [4.78, 5) is 6.78. The normalized spacial score (nSPS) is 25.1. The van der Waals surface area contributed by atoms with Crippen LogP contribution < -0.4 is 10.6 Å². The molecule has 1 rings (SSSR count). The zero-order valence-electron chi connectivity index (χ0n) is 13.1. The van der Waals surface area contributed by atoms with Crippen molar-refractivity contribution < 1.29 is 4.74 Å². The summed E-state index contributed by atoms with van der Waals surface area (Å²) in [5.41, 5.74) is 0. The lowest BCUT2D eigenvalue weighted by Gasteiger charge is -2.21. The van der Waals surface area contributed by atoms with Gasteiger partial charge in [0.05, 0.1) is 6.61 Å². The molecule has 1 saturated heterocycles. The molecule has 112 valence electrons. The van der Waals surface area contributed by atoms with Crippen LogP contribution in [0.2, 0.25) is 0 Å². The fraction of sp³-hybridized carbons (Fsp3) is 0.929. The molecule has 0 aliphatic carbocycles. The van der Waals surface area contributed by atoms with Crippen LogP contribution in [0.4, 0.5) is 0 Å². The van der Waals surface area contributed by atoms with Crippen LogP contribution in [-0.2, 0) is 4.74 Å². The fourth-order valence-corrected chi connectivity index (χ4v) is 2.37. The third-order valence-electron chi connectivity index (χ3n) is 3.66. The van der Waals surface area contributed by atoms with Crippen LogP contribution in [0, 0.1) is 5.92 Å². The van der Waals surface area contributed by atoms with E-state index >= 15 is 0 Å². The van der Waals surface area contributed by atoms with Gasteiger partial charge in [0, 0.05) is 45.4 Å². The Bertz CT molecular complexity index is 281. The lowest BCUT2D eigenvalue weighted by Crippen LogP contribution is -2.47. The Balaban J connectivity index is 2.35. The zero-order chi connectivity index (χ0) is 14.3. The molecule has 0 aromatic heterocycles. The van der Waals surface area contributed by atoms with Crippen LogP contribution in [0.15, 0.2) is 4.99 Å². The van der Waals surface area contributed by atoms with Crippen molar-refractivity contribution in [2.45, 2.75) is 39.8 Å². The van der Waals surface area contributed by atoms with Crippen LogP contribution in [0.25, 0.3) is 0 Å². The number of hydrogen-bond donors (Lipinski definition) is 2. The quantitative estimate of drug-likeness (QED) is 0.428. The van der Waals surface area contributed by atoms with Gasteiger partial charge in [0.25, 0.3) is 0 Å². The third kappa shape index (κ3) is 5.37. The number of guanidine groups is 1. The molecule has 2 N–H and O–H groups in total. The molecule has 5 nitrogen and oxygen atoms in total. The molecule has 1 fully saturated rings. The number of likely N-dealkylation sites (tertiary alicyclic amines) is 1. The maximum absolute atomic E-state index is 5.31. The van der Waals surface area contributed by atoms with Crippen LogP contribution in [0.3, 0.4) is 0 Å². The van der Waals surface area contributed by atoms with Crippen molar-refractivity contribution in [1.29, 1.82) is 0 Å². The molecule has 19 heavy (non-hydrogen) atoms. The Morgan fingerprint density at radius 1 is 1.42 bits per heavy atom. The monoisotopic (exact) mass is 270 g/mol.